The van der Waals surface area contributed by atoms with Gasteiger partial charge in [-0.3, -0.25) is 0 Å². The summed E-state index contributed by atoms with van der Waals surface area (Å²) in [4.78, 5) is 12.2. The predicted octanol–water partition coefficient (Wildman–Crippen LogP) is 2.35. The van der Waals surface area contributed by atoms with E-state index >= 15 is 0 Å². The van der Waals surface area contributed by atoms with Gasteiger partial charge in [-0.2, -0.15) is 0 Å². The maximum Gasteiger partial charge on any atom is 0.345 e. The van der Waals surface area contributed by atoms with Gasteiger partial charge in [-0.05, 0) is 18.6 Å². The number of carboxylic acid groups (broad SMARTS) is 1. The Bertz CT molecular complexity index is 441. The molecule has 2 unspecified atom stereocenters. The van der Waals surface area contributed by atoms with Gasteiger partial charge < -0.3 is 15.2 Å². The summed E-state index contributed by atoms with van der Waals surface area (Å²) in [5, 5.41) is 12.3. The monoisotopic (exact) mass is 269 g/mol. The molecule has 1 fully saturated rings. The molecular formula is C13H19NO3S. The van der Waals surface area contributed by atoms with Gasteiger partial charge in [-0.15, -0.1) is 11.3 Å². The molecule has 2 atom stereocenters. The van der Waals surface area contributed by atoms with Crippen molar-refractivity contribution in [1.82, 2.24) is 5.32 Å². The van der Waals surface area contributed by atoms with Crippen molar-refractivity contribution in [2.75, 3.05) is 7.11 Å². The maximum atomic E-state index is 10.8. The van der Waals surface area contributed by atoms with Crippen LogP contribution in [0.1, 0.15) is 34.8 Å². The number of rotatable bonds is 5. The highest BCUT2D eigenvalue weighted by Gasteiger charge is 2.48. The van der Waals surface area contributed by atoms with Gasteiger partial charge in [0.15, 0.2) is 0 Å². The van der Waals surface area contributed by atoms with Crippen LogP contribution in [0.4, 0.5) is 0 Å². The van der Waals surface area contributed by atoms with E-state index < -0.39 is 5.97 Å². The van der Waals surface area contributed by atoms with Crippen molar-refractivity contribution in [2.45, 2.75) is 39.0 Å². The molecule has 100 valence electrons. The molecule has 0 bridgehead atoms. The Hall–Kier alpha value is -0.910. The molecule has 0 spiro atoms. The summed E-state index contributed by atoms with van der Waals surface area (Å²) in [6.45, 7) is 5.11. The third-order valence-corrected chi connectivity index (χ3v) is 4.93. The van der Waals surface area contributed by atoms with Gasteiger partial charge in [0, 0.05) is 30.0 Å². The molecule has 18 heavy (non-hydrogen) atoms. The molecule has 0 aliphatic heterocycles. The van der Waals surface area contributed by atoms with Crippen LogP contribution < -0.4 is 5.32 Å². The van der Waals surface area contributed by atoms with Gasteiger partial charge >= 0.3 is 5.97 Å². The van der Waals surface area contributed by atoms with E-state index in [4.69, 9.17) is 9.84 Å². The highest BCUT2D eigenvalue weighted by Crippen LogP contribution is 2.42. The number of nitrogens with one attached hydrogen (secondary N) is 1. The van der Waals surface area contributed by atoms with E-state index in [0.29, 0.717) is 17.0 Å². The molecule has 1 saturated carbocycles. The van der Waals surface area contributed by atoms with Crippen LogP contribution in [0.25, 0.3) is 0 Å². The summed E-state index contributed by atoms with van der Waals surface area (Å²) in [5.74, 6) is -0.852. The molecule has 0 amide bonds. The first-order chi connectivity index (χ1) is 8.45. The number of aromatic carboxylic acids is 1. The zero-order chi connectivity index (χ0) is 13.3. The number of methoxy groups -OCH3 is 1. The summed E-state index contributed by atoms with van der Waals surface area (Å²) in [5.41, 5.74) is 0.141. The standard InChI is InChI=1S/C13H19NO3S/c1-13(2)10(6-11(13)17-3)14-7-8-4-5-9(18-8)12(15)16/h4-5,10-11,14H,6-7H2,1-3H3,(H,15,16). The summed E-state index contributed by atoms with van der Waals surface area (Å²) >= 11 is 1.33. The Balaban J connectivity index is 1.87. The van der Waals surface area contributed by atoms with Crippen LogP contribution in [0, 0.1) is 5.41 Å². The molecule has 1 heterocycles. The van der Waals surface area contributed by atoms with E-state index in [1.807, 2.05) is 6.07 Å². The second-order valence-corrected chi connectivity index (χ2v) is 6.45. The smallest absolute Gasteiger partial charge is 0.345 e. The van der Waals surface area contributed by atoms with Crippen molar-refractivity contribution in [1.29, 1.82) is 0 Å². The first kappa shape index (κ1) is 13.5. The maximum absolute atomic E-state index is 10.8. The Morgan fingerprint density at radius 1 is 1.61 bits per heavy atom. The van der Waals surface area contributed by atoms with Crippen molar-refractivity contribution in [3.05, 3.63) is 21.9 Å². The Kier molecular flexibility index (Phi) is 3.75. The van der Waals surface area contributed by atoms with E-state index in [1.165, 1.54) is 11.3 Å². The average Bonchev–Trinajstić information content (AvgIpc) is 2.76. The number of hydrogen-bond donors (Lipinski definition) is 2. The minimum absolute atomic E-state index is 0.141. The second kappa shape index (κ2) is 4.99. The quantitative estimate of drug-likeness (QED) is 0.861. The minimum atomic E-state index is -0.852. The van der Waals surface area contributed by atoms with E-state index in [9.17, 15) is 4.79 Å². The number of ether oxygens (including phenoxy) is 1. The fourth-order valence-electron chi connectivity index (χ4n) is 2.44. The average molecular weight is 269 g/mol. The zero-order valence-corrected chi connectivity index (χ0v) is 11.7. The van der Waals surface area contributed by atoms with Crippen molar-refractivity contribution in [3.63, 3.8) is 0 Å². The summed E-state index contributed by atoms with van der Waals surface area (Å²) < 4.78 is 5.40. The van der Waals surface area contributed by atoms with Gasteiger partial charge in [-0.25, -0.2) is 4.79 Å². The van der Waals surface area contributed by atoms with Gasteiger partial charge in [0.1, 0.15) is 4.88 Å². The lowest BCUT2D eigenvalue weighted by atomic mass is 9.64. The van der Waals surface area contributed by atoms with Crippen LogP contribution in [0.3, 0.4) is 0 Å². The lowest BCUT2D eigenvalue weighted by molar-refractivity contribution is -0.0978. The normalized spacial score (nSPS) is 25.7. The molecule has 2 rings (SSSR count). The molecule has 5 heteroatoms. The van der Waals surface area contributed by atoms with Gasteiger partial charge in [-0.1, -0.05) is 13.8 Å². The summed E-state index contributed by atoms with van der Waals surface area (Å²) in [6.07, 6.45) is 1.33. The topological polar surface area (TPSA) is 58.6 Å². The van der Waals surface area contributed by atoms with Crippen molar-refractivity contribution in [2.24, 2.45) is 5.41 Å². The number of hydrogen-bond acceptors (Lipinski definition) is 4. The van der Waals surface area contributed by atoms with Crippen LogP contribution in [-0.4, -0.2) is 30.3 Å². The molecule has 1 aliphatic carbocycles. The van der Waals surface area contributed by atoms with Crippen LogP contribution in [0.15, 0.2) is 12.1 Å². The number of carbonyl (C=O) groups is 1. The third-order valence-electron chi connectivity index (χ3n) is 3.86. The molecule has 2 N–H and O–H groups in total. The van der Waals surface area contributed by atoms with E-state index in [1.54, 1.807) is 13.2 Å². The molecule has 1 aromatic rings. The Morgan fingerprint density at radius 2 is 2.33 bits per heavy atom. The van der Waals surface area contributed by atoms with E-state index in [-0.39, 0.29) is 5.41 Å². The third kappa shape index (κ3) is 2.43. The van der Waals surface area contributed by atoms with Crippen molar-refractivity contribution < 1.29 is 14.6 Å². The summed E-state index contributed by atoms with van der Waals surface area (Å²) in [6, 6.07) is 3.96. The highest BCUT2D eigenvalue weighted by atomic mass is 32.1. The van der Waals surface area contributed by atoms with E-state index in [2.05, 4.69) is 19.2 Å². The van der Waals surface area contributed by atoms with Crippen LogP contribution in [0.5, 0.6) is 0 Å². The van der Waals surface area contributed by atoms with Crippen molar-refractivity contribution >= 4 is 17.3 Å². The van der Waals surface area contributed by atoms with Crippen LogP contribution in [-0.2, 0) is 11.3 Å². The molecular weight excluding hydrogens is 250 g/mol. The van der Waals surface area contributed by atoms with Crippen LogP contribution >= 0.6 is 11.3 Å². The molecule has 0 saturated heterocycles. The summed E-state index contributed by atoms with van der Waals surface area (Å²) in [7, 11) is 1.75. The lowest BCUT2D eigenvalue weighted by Gasteiger charge is -2.51. The minimum Gasteiger partial charge on any atom is -0.477 e. The molecule has 0 radical (unpaired) electrons. The first-order valence-corrected chi connectivity index (χ1v) is 6.85. The molecule has 0 aromatic carbocycles. The largest absolute Gasteiger partial charge is 0.477 e. The molecule has 1 aliphatic rings. The fraction of sp³-hybridized carbons (Fsp3) is 0.615. The number of carboxylic acids is 1. The highest BCUT2D eigenvalue weighted by molar-refractivity contribution is 7.13. The van der Waals surface area contributed by atoms with Gasteiger partial charge in [0.05, 0.1) is 6.10 Å². The second-order valence-electron chi connectivity index (χ2n) is 5.29. The molecule has 4 nitrogen and oxygen atoms in total. The fourth-order valence-corrected chi connectivity index (χ4v) is 3.24. The van der Waals surface area contributed by atoms with E-state index in [0.717, 1.165) is 17.8 Å². The Labute approximate surface area is 111 Å². The van der Waals surface area contributed by atoms with Crippen molar-refractivity contribution in [3.8, 4) is 0 Å². The number of thiophene rings is 1. The predicted molar refractivity (Wildman–Crippen MR) is 71.1 cm³/mol. The molecule has 1 aromatic heterocycles. The zero-order valence-electron chi connectivity index (χ0n) is 10.9. The van der Waals surface area contributed by atoms with Crippen LogP contribution in [0.2, 0.25) is 0 Å². The first-order valence-electron chi connectivity index (χ1n) is 6.03. The lowest BCUT2D eigenvalue weighted by Crippen LogP contribution is -2.60. The SMILES string of the molecule is COC1CC(NCc2ccc(C(=O)O)s2)C1(C)C. The van der Waals surface area contributed by atoms with Gasteiger partial charge in [0.25, 0.3) is 0 Å². The van der Waals surface area contributed by atoms with Gasteiger partial charge in [0.2, 0.25) is 0 Å². The Morgan fingerprint density at radius 3 is 2.83 bits per heavy atom.